The van der Waals surface area contributed by atoms with Gasteiger partial charge in [-0.2, -0.15) is 0 Å². The molecule has 1 aliphatic rings. The van der Waals surface area contributed by atoms with Crippen LogP contribution in [0.25, 0.3) is 21.5 Å². The number of amides is 1. The van der Waals surface area contributed by atoms with E-state index in [0.29, 0.717) is 21.8 Å². The summed E-state index contributed by atoms with van der Waals surface area (Å²) >= 11 is 0. The van der Waals surface area contributed by atoms with Crippen LogP contribution in [0.15, 0.2) is 24.3 Å². The van der Waals surface area contributed by atoms with E-state index in [9.17, 15) is 20.1 Å². The maximum absolute atomic E-state index is 12.3. The molecule has 0 atom stereocenters. The molecule has 0 aliphatic carbocycles. The SMILES string of the molecule is COc1c(O)c(CO)c2c3c(cc4ccc(O)cc4c13)NC2=O. The molecule has 0 saturated heterocycles. The molecule has 6 nitrogen and oxygen atoms in total. The fourth-order valence-corrected chi connectivity index (χ4v) is 3.29. The van der Waals surface area contributed by atoms with Gasteiger partial charge in [-0.1, -0.05) is 6.07 Å². The first-order valence-corrected chi connectivity index (χ1v) is 7.00. The number of anilines is 1. The Labute approximate surface area is 130 Å². The van der Waals surface area contributed by atoms with E-state index in [-0.39, 0.29) is 34.3 Å². The Bertz CT molecular complexity index is 1010. The smallest absolute Gasteiger partial charge is 0.256 e. The summed E-state index contributed by atoms with van der Waals surface area (Å²) in [4.78, 5) is 12.3. The van der Waals surface area contributed by atoms with Crippen LogP contribution in [0.2, 0.25) is 0 Å². The number of hydrogen-bond donors (Lipinski definition) is 4. The van der Waals surface area contributed by atoms with Crippen molar-refractivity contribution in [2.75, 3.05) is 12.4 Å². The Morgan fingerprint density at radius 1 is 1.17 bits per heavy atom. The third-order valence-corrected chi connectivity index (χ3v) is 4.24. The Balaban J connectivity index is 2.35. The average molecular weight is 311 g/mol. The van der Waals surface area contributed by atoms with E-state index in [0.717, 1.165) is 5.39 Å². The highest BCUT2D eigenvalue weighted by molar-refractivity contribution is 6.31. The quantitative estimate of drug-likeness (QED) is 0.545. The number of phenolic OH excluding ortho intramolecular Hbond substituents is 1. The van der Waals surface area contributed by atoms with Crippen LogP contribution in [0, 0.1) is 0 Å². The highest BCUT2D eigenvalue weighted by Crippen LogP contribution is 2.49. The monoisotopic (exact) mass is 311 g/mol. The van der Waals surface area contributed by atoms with Crippen LogP contribution in [0.4, 0.5) is 5.69 Å². The molecular formula is C17H13NO5. The van der Waals surface area contributed by atoms with E-state index in [2.05, 4.69) is 5.32 Å². The first kappa shape index (κ1) is 13.7. The predicted molar refractivity (Wildman–Crippen MR) is 85.2 cm³/mol. The van der Waals surface area contributed by atoms with Gasteiger partial charge < -0.3 is 25.4 Å². The fourth-order valence-electron chi connectivity index (χ4n) is 3.29. The number of aliphatic hydroxyl groups excluding tert-OH is 1. The largest absolute Gasteiger partial charge is 0.508 e. The number of rotatable bonds is 2. The molecule has 3 aromatic rings. The lowest BCUT2D eigenvalue weighted by Gasteiger charge is -2.15. The van der Waals surface area contributed by atoms with Gasteiger partial charge in [-0.3, -0.25) is 4.79 Å². The number of carbonyl (C=O) groups is 1. The lowest BCUT2D eigenvalue weighted by atomic mass is 9.93. The van der Waals surface area contributed by atoms with Gasteiger partial charge in [0.15, 0.2) is 11.5 Å². The highest BCUT2D eigenvalue weighted by atomic mass is 16.5. The summed E-state index contributed by atoms with van der Waals surface area (Å²) in [5.41, 5.74) is 0.956. The van der Waals surface area contributed by atoms with Crippen LogP contribution in [-0.4, -0.2) is 28.3 Å². The van der Waals surface area contributed by atoms with Crippen molar-refractivity contribution in [2.45, 2.75) is 6.61 Å². The van der Waals surface area contributed by atoms with Crippen molar-refractivity contribution in [3.63, 3.8) is 0 Å². The number of hydrogen-bond acceptors (Lipinski definition) is 5. The van der Waals surface area contributed by atoms with Crippen molar-refractivity contribution in [3.05, 3.63) is 35.4 Å². The van der Waals surface area contributed by atoms with E-state index < -0.39 is 6.61 Å². The molecular weight excluding hydrogens is 298 g/mol. The first-order chi connectivity index (χ1) is 11.1. The van der Waals surface area contributed by atoms with Crippen molar-refractivity contribution >= 4 is 33.1 Å². The van der Waals surface area contributed by atoms with Crippen LogP contribution >= 0.6 is 0 Å². The van der Waals surface area contributed by atoms with Gasteiger partial charge in [-0.25, -0.2) is 0 Å². The molecule has 3 aromatic carbocycles. The number of ether oxygens (including phenoxy) is 1. The Morgan fingerprint density at radius 3 is 2.65 bits per heavy atom. The molecule has 6 heteroatoms. The third-order valence-electron chi connectivity index (χ3n) is 4.24. The summed E-state index contributed by atoms with van der Waals surface area (Å²) in [6.45, 7) is -0.488. The average Bonchev–Trinajstić information content (AvgIpc) is 2.85. The van der Waals surface area contributed by atoms with Crippen molar-refractivity contribution in [2.24, 2.45) is 0 Å². The van der Waals surface area contributed by atoms with Gasteiger partial charge >= 0.3 is 0 Å². The molecule has 0 unspecified atom stereocenters. The van der Waals surface area contributed by atoms with Gasteiger partial charge in [-0.05, 0) is 29.0 Å². The van der Waals surface area contributed by atoms with Crippen LogP contribution in [0.5, 0.6) is 17.2 Å². The van der Waals surface area contributed by atoms with Gasteiger partial charge in [0.1, 0.15) is 5.75 Å². The van der Waals surface area contributed by atoms with Crippen LogP contribution < -0.4 is 10.1 Å². The van der Waals surface area contributed by atoms with Crippen LogP contribution in [0.1, 0.15) is 15.9 Å². The van der Waals surface area contributed by atoms with Gasteiger partial charge in [0.25, 0.3) is 5.91 Å². The number of carbonyl (C=O) groups excluding carboxylic acids is 1. The van der Waals surface area contributed by atoms with E-state index in [1.165, 1.54) is 7.11 Å². The van der Waals surface area contributed by atoms with Gasteiger partial charge in [-0.15, -0.1) is 0 Å². The van der Waals surface area contributed by atoms with Crippen molar-refractivity contribution < 1.29 is 24.9 Å². The minimum Gasteiger partial charge on any atom is -0.508 e. The molecule has 0 radical (unpaired) electrons. The Hall–Kier alpha value is -2.99. The summed E-state index contributed by atoms with van der Waals surface area (Å²) < 4.78 is 5.34. The zero-order valence-electron chi connectivity index (χ0n) is 12.2. The first-order valence-electron chi connectivity index (χ1n) is 7.00. The molecule has 4 N–H and O–H groups in total. The number of fused-ring (bicyclic) bond motifs is 2. The second-order valence-corrected chi connectivity index (χ2v) is 5.43. The van der Waals surface area contributed by atoms with E-state index in [4.69, 9.17) is 4.74 Å². The fraction of sp³-hybridized carbons (Fsp3) is 0.118. The van der Waals surface area contributed by atoms with E-state index in [1.807, 2.05) is 0 Å². The standard InChI is InChI=1S/C17H13NO5/c1-23-16-12-9-5-8(20)3-2-7(9)4-11-14(12)13(17(22)18-11)10(6-19)15(16)21/h2-5,19-21H,6H2,1H3,(H,18,22). The van der Waals surface area contributed by atoms with E-state index in [1.54, 1.807) is 24.3 Å². The summed E-state index contributed by atoms with van der Waals surface area (Å²) in [5, 5.41) is 35.1. The predicted octanol–water partition coefficient (Wildman–Crippen LogP) is 2.47. The zero-order chi connectivity index (χ0) is 16.3. The van der Waals surface area contributed by atoms with Gasteiger partial charge in [0.2, 0.25) is 0 Å². The maximum atomic E-state index is 12.3. The molecule has 1 aliphatic heterocycles. The molecule has 0 saturated carbocycles. The Morgan fingerprint density at radius 2 is 1.96 bits per heavy atom. The molecule has 0 fully saturated rings. The second kappa shape index (κ2) is 4.50. The number of methoxy groups -OCH3 is 1. The molecule has 0 spiro atoms. The molecule has 1 heterocycles. The molecule has 4 rings (SSSR count). The minimum absolute atomic E-state index is 0.0689. The topological polar surface area (TPSA) is 99.0 Å². The van der Waals surface area contributed by atoms with Crippen LogP contribution in [0.3, 0.4) is 0 Å². The van der Waals surface area contributed by atoms with E-state index >= 15 is 0 Å². The number of nitrogens with one attached hydrogen (secondary N) is 1. The number of phenols is 2. The zero-order valence-corrected chi connectivity index (χ0v) is 12.2. The maximum Gasteiger partial charge on any atom is 0.256 e. The summed E-state index contributed by atoms with van der Waals surface area (Å²) in [6.07, 6.45) is 0. The molecule has 0 bridgehead atoms. The Kier molecular flexibility index (Phi) is 2.67. The van der Waals surface area contributed by atoms with Gasteiger partial charge in [0, 0.05) is 16.3 Å². The molecule has 116 valence electrons. The lowest BCUT2D eigenvalue weighted by Crippen LogP contribution is -2.08. The van der Waals surface area contributed by atoms with Crippen LogP contribution in [-0.2, 0) is 6.61 Å². The highest BCUT2D eigenvalue weighted by Gasteiger charge is 2.31. The lowest BCUT2D eigenvalue weighted by molar-refractivity contribution is 0.102. The summed E-state index contributed by atoms with van der Waals surface area (Å²) in [7, 11) is 1.41. The van der Waals surface area contributed by atoms with Crippen molar-refractivity contribution in [3.8, 4) is 17.2 Å². The van der Waals surface area contributed by atoms with Crippen molar-refractivity contribution in [1.29, 1.82) is 0 Å². The number of aliphatic hydroxyl groups is 1. The normalized spacial score (nSPS) is 12.9. The second-order valence-electron chi connectivity index (χ2n) is 5.43. The summed E-state index contributed by atoms with van der Waals surface area (Å²) in [5.74, 6) is -0.413. The number of benzene rings is 3. The number of aromatic hydroxyl groups is 2. The molecule has 1 amide bonds. The third kappa shape index (κ3) is 1.63. The summed E-state index contributed by atoms with van der Waals surface area (Å²) in [6, 6.07) is 6.62. The minimum atomic E-state index is -0.488. The van der Waals surface area contributed by atoms with Gasteiger partial charge in [0.05, 0.1) is 25.0 Å². The molecule has 0 aromatic heterocycles. The van der Waals surface area contributed by atoms with Crippen molar-refractivity contribution in [1.82, 2.24) is 0 Å². The molecule has 23 heavy (non-hydrogen) atoms.